The van der Waals surface area contributed by atoms with Gasteiger partial charge in [-0.3, -0.25) is 13.9 Å². The molecule has 1 aliphatic rings. The Kier molecular flexibility index (Phi) is 11.1. The molecular formula is C29H40ClN3O5S. The molecule has 1 N–H and O–H groups in total. The Hall–Kier alpha value is -2.78. The van der Waals surface area contributed by atoms with Gasteiger partial charge in [0.25, 0.3) is 0 Å². The van der Waals surface area contributed by atoms with Crippen molar-refractivity contribution >= 4 is 39.1 Å². The van der Waals surface area contributed by atoms with E-state index in [4.69, 9.17) is 16.3 Å². The van der Waals surface area contributed by atoms with E-state index in [1.54, 1.807) is 17.0 Å². The van der Waals surface area contributed by atoms with Crippen LogP contribution in [0.25, 0.3) is 0 Å². The molecule has 2 aromatic rings. The summed E-state index contributed by atoms with van der Waals surface area (Å²) in [6.07, 6.45) is 6.10. The topological polar surface area (TPSA) is 96.0 Å². The van der Waals surface area contributed by atoms with E-state index in [0.29, 0.717) is 29.4 Å². The molecule has 0 bridgehead atoms. The van der Waals surface area contributed by atoms with E-state index < -0.39 is 16.1 Å². The molecule has 39 heavy (non-hydrogen) atoms. The van der Waals surface area contributed by atoms with E-state index in [2.05, 4.69) is 5.32 Å². The van der Waals surface area contributed by atoms with Gasteiger partial charge in [-0.15, -0.1) is 0 Å². The van der Waals surface area contributed by atoms with Crippen LogP contribution in [0.3, 0.4) is 0 Å². The van der Waals surface area contributed by atoms with Crippen molar-refractivity contribution in [2.75, 3.05) is 24.2 Å². The molecule has 0 heterocycles. The molecule has 0 aliphatic heterocycles. The number of methoxy groups -OCH3 is 1. The number of hydrogen-bond donors (Lipinski definition) is 1. The fourth-order valence-electron chi connectivity index (χ4n) is 5.11. The van der Waals surface area contributed by atoms with Gasteiger partial charge in [-0.25, -0.2) is 8.42 Å². The number of sulfonamides is 1. The summed E-state index contributed by atoms with van der Waals surface area (Å²) in [5.74, 6) is 0.125. The van der Waals surface area contributed by atoms with Gasteiger partial charge in [0, 0.05) is 25.6 Å². The molecule has 0 aromatic heterocycles. The zero-order valence-electron chi connectivity index (χ0n) is 23.3. The normalized spacial score (nSPS) is 14.6. The van der Waals surface area contributed by atoms with Crippen LogP contribution >= 0.6 is 11.6 Å². The molecule has 1 saturated carbocycles. The molecule has 1 fully saturated rings. The molecule has 1 aliphatic carbocycles. The van der Waals surface area contributed by atoms with Gasteiger partial charge in [-0.05, 0) is 56.4 Å². The predicted octanol–water partition coefficient (Wildman–Crippen LogP) is 5.07. The molecule has 8 nitrogen and oxygen atoms in total. The first-order valence-corrected chi connectivity index (χ1v) is 15.7. The van der Waals surface area contributed by atoms with Gasteiger partial charge in [-0.2, -0.15) is 0 Å². The lowest BCUT2D eigenvalue weighted by Crippen LogP contribution is -2.51. The lowest BCUT2D eigenvalue weighted by molar-refractivity contribution is -0.141. The highest BCUT2D eigenvalue weighted by atomic mass is 35.5. The first-order chi connectivity index (χ1) is 18.5. The summed E-state index contributed by atoms with van der Waals surface area (Å²) in [5, 5.41) is 3.44. The Balaban J connectivity index is 1.77. The fourth-order valence-corrected chi connectivity index (χ4v) is 6.32. The third-order valence-corrected chi connectivity index (χ3v) is 8.59. The van der Waals surface area contributed by atoms with Gasteiger partial charge in [0.2, 0.25) is 21.8 Å². The first-order valence-electron chi connectivity index (χ1n) is 13.5. The number of ether oxygens (including phenoxy) is 1. The van der Waals surface area contributed by atoms with Crippen LogP contribution in [0.4, 0.5) is 5.69 Å². The fraction of sp³-hybridized carbons (Fsp3) is 0.517. The van der Waals surface area contributed by atoms with Crippen LogP contribution in [-0.2, 0) is 26.2 Å². The average molecular weight is 578 g/mol. The van der Waals surface area contributed by atoms with Crippen LogP contribution < -0.4 is 14.4 Å². The molecule has 0 spiro atoms. The molecule has 0 saturated heterocycles. The molecule has 10 heteroatoms. The lowest BCUT2D eigenvalue weighted by atomic mass is 10.1. The number of nitrogens with one attached hydrogen (secondary N) is 1. The minimum absolute atomic E-state index is 0.0922. The molecule has 2 amide bonds. The van der Waals surface area contributed by atoms with Crippen molar-refractivity contribution in [1.82, 2.24) is 10.2 Å². The van der Waals surface area contributed by atoms with Crippen molar-refractivity contribution in [3.8, 4) is 5.75 Å². The second-order valence-corrected chi connectivity index (χ2v) is 12.5. The zero-order chi connectivity index (χ0) is 28.6. The van der Waals surface area contributed by atoms with Crippen LogP contribution in [0.1, 0.15) is 63.0 Å². The molecule has 0 radical (unpaired) electrons. The highest BCUT2D eigenvalue weighted by molar-refractivity contribution is 7.92. The summed E-state index contributed by atoms with van der Waals surface area (Å²) >= 11 is 6.23. The van der Waals surface area contributed by atoms with E-state index in [1.165, 1.54) is 17.5 Å². The van der Waals surface area contributed by atoms with Crippen molar-refractivity contribution in [2.45, 2.75) is 77.4 Å². The van der Waals surface area contributed by atoms with Crippen molar-refractivity contribution in [1.29, 1.82) is 0 Å². The predicted molar refractivity (Wildman–Crippen MR) is 156 cm³/mol. The van der Waals surface area contributed by atoms with E-state index in [9.17, 15) is 18.0 Å². The minimum atomic E-state index is -3.63. The highest BCUT2D eigenvalue weighted by Gasteiger charge is 2.30. The van der Waals surface area contributed by atoms with Crippen molar-refractivity contribution in [2.24, 2.45) is 0 Å². The SMILES string of the molecule is CC[C@@H](C(=O)NC1CCCC1)N(Cc1cccc(C)c1)C(=O)CCCN(c1ccc(OC)c(Cl)c1)S(C)(=O)=O. The number of aryl methyl sites for hydroxylation is 1. The monoisotopic (exact) mass is 577 g/mol. The standard InChI is InChI=1S/C29H40ClN3O5S/c1-5-26(29(35)31-23-12-6-7-13-23)32(20-22-11-8-10-21(2)18-22)28(34)14-9-17-33(39(4,36)37)24-15-16-27(38-3)25(30)19-24/h8,10-11,15-16,18-19,23,26H,5-7,9,12-14,17,20H2,1-4H3,(H,31,35)/t26-/m0/s1. The summed E-state index contributed by atoms with van der Waals surface area (Å²) in [7, 11) is -2.14. The van der Waals surface area contributed by atoms with Gasteiger partial charge in [0.1, 0.15) is 11.8 Å². The van der Waals surface area contributed by atoms with Gasteiger partial charge >= 0.3 is 0 Å². The third-order valence-electron chi connectivity index (χ3n) is 7.10. The zero-order valence-corrected chi connectivity index (χ0v) is 24.9. The number of halogens is 1. The van der Waals surface area contributed by atoms with E-state index in [1.807, 2.05) is 38.1 Å². The number of nitrogens with zero attached hydrogens (tertiary/aromatic N) is 2. The van der Waals surface area contributed by atoms with Gasteiger partial charge in [0.15, 0.2) is 0 Å². The number of anilines is 1. The maximum absolute atomic E-state index is 13.6. The number of carbonyl (C=O) groups is 2. The van der Waals surface area contributed by atoms with Crippen LogP contribution in [0, 0.1) is 6.92 Å². The molecule has 2 aromatic carbocycles. The van der Waals surface area contributed by atoms with Gasteiger partial charge in [0.05, 0.1) is 24.1 Å². The van der Waals surface area contributed by atoms with E-state index >= 15 is 0 Å². The second kappa shape index (κ2) is 14.0. The lowest BCUT2D eigenvalue weighted by Gasteiger charge is -2.32. The van der Waals surface area contributed by atoms with Crippen molar-refractivity contribution in [3.63, 3.8) is 0 Å². The second-order valence-electron chi connectivity index (χ2n) is 10.2. The number of rotatable bonds is 13. The first kappa shape index (κ1) is 30.8. The number of amides is 2. The maximum Gasteiger partial charge on any atom is 0.243 e. The van der Waals surface area contributed by atoms with Gasteiger partial charge < -0.3 is 15.0 Å². The summed E-state index contributed by atoms with van der Waals surface area (Å²) in [6.45, 7) is 4.30. The quantitative estimate of drug-likeness (QED) is 0.358. The average Bonchev–Trinajstić information content (AvgIpc) is 3.38. The van der Waals surface area contributed by atoms with E-state index in [0.717, 1.165) is 43.1 Å². The summed E-state index contributed by atoms with van der Waals surface area (Å²) in [5.41, 5.74) is 2.42. The summed E-state index contributed by atoms with van der Waals surface area (Å²) in [6, 6.07) is 12.2. The Morgan fingerprint density at radius 3 is 2.46 bits per heavy atom. The maximum atomic E-state index is 13.6. The van der Waals surface area contributed by atoms with Crippen molar-refractivity contribution < 1.29 is 22.7 Å². The number of carbonyl (C=O) groups excluding carboxylic acids is 2. The molecule has 214 valence electrons. The smallest absolute Gasteiger partial charge is 0.243 e. The van der Waals surface area contributed by atoms with Crippen LogP contribution in [0.5, 0.6) is 5.75 Å². The number of hydrogen-bond acceptors (Lipinski definition) is 5. The third kappa shape index (κ3) is 8.60. The molecule has 0 unspecified atom stereocenters. The largest absolute Gasteiger partial charge is 0.495 e. The molecule has 1 atom stereocenters. The Morgan fingerprint density at radius 1 is 1.15 bits per heavy atom. The highest BCUT2D eigenvalue weighted by Crippen LogP contribution is 2.30. The Labute approximate surface area is 237 Å². The van der Waals surface area contributed by atoms with Crippen LogP contribution in [-0.4, -0.2) is 57.1 Å². The molecular weight excluding hydrogens is 538 g/mol. The Morgan fingerprint density at radius 2 is 1.87 bits per heavy atom. The van der Waals surface area contributed by atoms with Crippen LogP contribution in [0.2, 0.25) is 5.02 Å². The molecule has 3 rings (SSSR count). The minimum Gasteiger partial charge on any atom is -0.495 e. The van der Waals surface area contributed by atoms with Crippen LogP contribution in [0.15, 0.2) is 42.5 Å². The summed E-state index contributed by atoms with van der Waals surface area (Å²) < 4.78 is 31.6. The van der Waals surface area contributed by atoms with E-state index in [-0.39, 0.29) is 37.2 Å². The number of benzene rings is 2. The Bertz CT molecular complexity index is 1250. The van der Waals surface area contributed by atoms with Gasteiger partial charge in [-0.1, -0.05) is 61.2 Å². The van der Waals surface area contributed by atoms with Crippen molar-refractivity contribution in [3.05, 3.63) is 58.6 Å². The summed E-state index contributed by atoms with van der Waals surface area (Å²) in [4.78, 5) is 28.6.